The maximum atomic E-state index is 6.75. The van der Waals surface area contributed by atoms with E-state index in [1.165, 1.54) is 19.6 Å². The molecule has 0 rings (SSSR count). The zero-order valence-electron chi connectivity index (χ0n) is 5.77. The smallest absolute Gasteiger partial charge is 0.373 e. The number of hydrogen-bond donors (Lipinski definition) is 0. The van der Waals surface area contributed by atoms with Crippen molar-refractivity contribution >= 4 is 0 Å². The molecule has 0 aromatic rings. The summed E-state index contributed by atoms with van der Waals surface area (Å²) < 4.78 is 0. The third kappa shape index (κ3) is 145. The molecule has 12 nitrogen and oxygen atoms in total. The average molecular weight is 264 g/mol. The van der Waals surface area contributed by atoms with Crippen molar-refractivity contribution in [1.29, 1.82) is 0 Å². The van der Waals surface area contributed by atoms with Crippen LogP contribution in [0.4, 0.5) is 0 Å². The molecule has 0 amide bonds. The first-order chi connectivity index (χ1) is 5.66. The molecule has 0 unspecified atom stereocenters. The van der Waals surface area contributed by atoms with E-state index in [-0.39, 0.29) is 21.1 Å². The average Bonchev–Trinajstić information content (AvgIpc) is 1.92. The van der Waals surface area contributed by atoms with Crippen LogP contribution in [0.5, 0.6) is 0 Å². The Hall–Kier alpha value is -2.07. The second kappa shape index (κ2) is 213. The Labute approximate surface area is 85.5 Å². The summed E-state index contributed by atoms with van der Waals surface area (Å²) >= 11 is 0. The van der Waals surface area contributed by atoms with Crippen LogP contribution in [0.3, 0.4) is 0 Å². The molecule has 0 aliphatic rings. The Morgan fingerprint density at radius 2 is 0.385 bits per heavy atom. The van der Waals surface area contributed by atoms with Crippen LogP contribution < -0.4 is 0 Å². The van der Waals surface area contributed by atoms with Crippen LogP contribution in [0.15, 0.2) is 0 Å². The van der Waals surface area contributed by atoms with Crippen molar-refractivity contribution in [1.82, 2.24) is 0 Å². The molecule has 0 spiro atoms. The van der Waals surface area contributed by atoms with E-state index >= 15 is 0 Å². The third-order valence-corrected chi connectivity index (χ3v) is 0. The molecule has 13 heteroatoms. The van der Waals surface area contributed by atoms with Crippen LogP contribution >= 0.6 is 0 Å². The molecule has 0 N–H and O–H groups in total. The molecule has 0 atom stereocenters. The monoisotopic (exact) mass is 266 g/mol. The molecule has 0 radical (unpaired) electrons. The van der Waals surface area contributed by atoms with Crippen molar-refractivity contribution in [3.05, 3.63) is 63.9 Å². The van der Waals surface area contributed by atoms with Gasteiger partial charge in [-0.05, 0) is 0 Å². The molecule has 66 valence electrons. The van der Waals surface area contributed by atoms with Crippen molar-refractivity contribution in [2.75, 3.05) is 0 Å². The van der Waals surface area contributed by atoms with Gasteiger partial charge < -0.3 is 44.2 Å². The van der Waals surface area contributed by atoms with Crippen LogP contribution in [-0.2, 0) is 21.1 Å². The Morgan fingerprint density at radius 3 is 0.385 bits per heavy atom. The maximum absolute atomic E-state index is 6.75. The first-order valence-electron chi connectivity index (χ1n) is 1.60. The van der Waals surface area contributed by atoms with E-state index in [1.54, 1.807) is 0 Å². The van der Waals surface area contributed by atoms with Gasteiger partial charge in [-0.3, -0.25) is 19.6 Å². The Morgan fingerprint density at radius 1 is 0.385 bits per heavy atom. The molecule has 0 aromatic heterocycles. The van der Waals surface area contributed by atoms with Crippen molar-refractivity contribution in [3.8, 4) is 0 Å². The SMILES string of the molecule is [Mo+4].[N-]=[N+]=[N-].[N-]=[N+]=[N-].[N-]=[N+]=[N-].[N-]=[N+]=[N-]. The fourth-order valence-electron chi connectivity index (χ4n) is 0. The van der Waals surface area contributed by atoms with Gasteiger partial charge in [0.15, 0.2) is 0 Å². The normalized spacial score (nSPS) is 2.46. The van der Waals surface area contributed by atoms with Crippen molar-refractivity contribution in [3.63, 3.8) is 0 Å². The molecule has 0 bridgehead atoms. The first-order valence-corrected chi connectivity index (χ1v) is 1.60. The summed E-state index contributed by atoms with van der Waals surface area (Å²) in [5, 5.41) is 0. The van der Waals surface area contributed by atoms with E-state index in [1.807, 2.05) is 0 Å². The van der Waals surface area contributed by atoms with Crippen molar-refractivity contribution < 1.29 is 21.1 Å². The summed E-state index contributed by atoms with van der Waals surface area (Å²) in [7, 11) is 0. The van der Waals surface area contributed by atoms with Gasteiger partial charge in [0, 0.05) is 0 Å². The van der Waals surface area contributed by atoms with Gasteiger partial charge in [-0.2, -0.15) is 0 Å². The van der Waals surface area contributed by atoms with Crippen LogP contribution in [0, 0.1) is 0 Å². The minimum Gasteiger partial charge on any atom is -0.373 e. The zero-order valence-corrected chi connectivity index (χ0v) is 7.78. The van der Waals surface area contributed by atoms with E-state index in [2.05, 4.69) is 0 Å². The largest absolute Gasteiger partial charge is 4.00 e. The van der Waals surface area contributed by atoms with Crippen LogP contribution in [-0.4, -0.2) is 0 Å². The first kappa shape index (κ1) is 30.7. The van der Waals surface area contributed by atoms with Crippen molar-refractivity contribution in [2.24, 2.45) is 0 Å². The fourth-order valence-corrected chi connectivity index (χ4v) is 0. The standard InChI is InChI=1S/Mo.4N3/c;4*1-3-2/q+4;4*-1. The topological polar surface area (TPSA) is 235 Å². The van der Waals surface area contributed by atoms with Gasteiger partial charge in [0.05, 0.1) is 0 Å². The van der Waals surface area contributed by atoms with Gasteiger partial charge in [-0.1, -0.05) is 0 Å². The minimum atomic E-state index is 0. The number of hydrogen-bond acceptors (Lipinski definition) is 0. The van der Waals surface area contributed by atoms with E-state index < -0.39 is 0 Å². The van der Waals surface area contributed by atoms with Crippen LogP contribution in [0.25, 0.3) is 63.9 Å². The Balaban J connectivity index is -0.0000000213. The molecular weight excluding hydrogens is 264 g/mol. The predicted octanol–water partition coefficient (Wildman–Crippen LogP) is 3.46. The Kier molecular flexibility index (Phi) is 502. The van der Waals surface area contributed by atoms with Gasteiger partial charge >= 0.3 is 21.1 Å². The molecule has 13 heavy (non-hydrogen) atoms. The summed E-state index contributed by atoms with van der Waals surface area (Å²) in [5.74, 6) is 0. The van der Waals surface area contributed by atoms with Crippen molar-refractivity contribution in [2.45, 2.75) is 0 Å². The summed E-state index contributed by atoms with van der Waals surface area (Å²) in [5.41, 5.74) is 54.0. The number of nitrogens with zero attached hydrogens (tertiary/aromatic N) is 12. The van der Waals surface area contributed by atoms with Gasteiger partial charge in [0.1, 0.15) is 0 Å². The molecule has 0 heterocycles. The third-order valence-electron chi connectivity index (χ3n) is 0. The molecule has 0 aromatic carbocycles. The predicted molar refractivity (Wildman–Crippen MR) is 40.3 cm³/mol. The van der Waals surface area contributed by atoms with Gasteiger partial charge in [0.2, 0.25) is 0 Å². The molecule has 0 aliphatic heterocycles. The number of rotatable bonds is 0. The van der Waals surface area contributed by atoms with E-state index in [9.17, 15) is 0 Å². The van der Waals surface area contributed by atoms with Crippen LogP contribution in [0.1, 0.15) is 0 Å². The maximum Gasteiger partial charge on any atom is 4.00 e. The minimum absolute atomic E-state index is 0. The van der Waals surface area contributed by atoms with Gasteiger partial charge in [-0.25, -0.2) is 0 Å². The summed E-state index contributed by atoms with van der Waals surface area (Å²) in [6.07, 6.45) is 0. The second-order valence-corrected chi connectivity index (χ2v) is 0.358. The molecule has 0 fully saturated rings. The zero-order chi connectivity index (χ0) is 10.8. The molecular formula is MoN12. The summed E-state index contributed by atoms with van der Waals surface area (Å²) in [6.45, 7) is 0. The quantitative estimate of drug-likeness (QED) is 0.264. The molecule has 0 saturated carbocycles. The van der Waals surface area contributed by atoms with E-state index in [4.69, 9.17) is 44.2 Å². The second-order valence-electron chi connectivity index (χ2n) is 0.358. The van der Waals surface area contributed by atoms with Crippen LogP contribution in [0.2, 0.25) is 0 Å². The summed E-state index contributed by atoms with van der Waals surface area (Å²) in [6, 6.07) is 0. The van der Waals surface area contributed by atoms with E-state index in [0.29, 0.717) is 0 Å². The Bertz CT molecular complexity index is 137. The van der Waals surface area contributed by atoms with E-state index in [0.717, 1.165) is 0 Å². The van der Waals surface area contributed by atoms with Gasteiger partial charge in [0.25, 0.3) is 0 Å². The molecule has 0 saturated heterocycles. The summed E-state index contributed by atoms with van der Waals surface area (Å²) in [4.78, 5) is 6.00. The molecule has 0 aliphatic carbocycles. The fraction of sp³-hybridized carbons (Fsp3) is 0. The van der Waals surface area contributed by atoms with Gasteiger partial charge in [-0.15, -0.1) is 0 Å².